The molecule has 0 radical (unpaired) electrons. The fourth-order valence-corrected chi connectivity index (χ4v) is 2.21. The van der Waals surface area contributed by atoms with Gasteiger partial charge in [-0.1, -0.05) is 13.8 Å². The maximum Gasteiger partial charge on any atom is 0.150 e. The minimum absolute atomic E-state index is 0.0211. The molecule has 0 fully saturated rings. The number of hydrogen-bond donors (Lipinski definition) is 2. The second-order valence-corrected chi connectivity index (χ2v) is 6.68. The van der Waals surface area contributed by atoms with Gasteiger partial charge < -0.3 is 10.6 Å². The molecule has 0 amide bonds. The van der Waals surface area contributed by atoms with Gasteiger partial charge in [0.15, 0.2) is 0 Å². The normalized spacial score (nSPS) is 14.0. The zero-order chi connectivity index (χ0) is 12.8. The van der Waals surface area contributed by atoms with E-state index in [1.165, 1.54) is 0 Å². The first kappa shape index (κ1) is 15.4. The second-order valence-electron chi connectivity index (χ2n) is 4.21. The Labute approximate surface area is 98.4 Å². The fraction of sp³-hybridized carbons (Fsp3) is 0.900. The van der Waals surface area contributed by atoms with E-state index < -0.39 is 9.84 Å². The lowest BCUT2D eigenvalue weighted by molar-refractivity contribution is 0.314. The predicted octanol–water partition coefficient (Wildman–Crippen LogP) is 0.315. The van der Waals surface area contributed by atoms with E-state index >= 15 is 0 Å². The van der Waals surface area contributed by atoms with Crippen molar-refractivity contribution in [1.82, 2.24) is 4.90 Å². The first-order valence-corrected chi connectivity index (χ1v) is 7.33. The van der Waals surface area contributed by atoms with Crippen LogP contribution in [-0.4, -0.2) is 50.8 Å². The van der Waals surface area contributed by atoms with Crippen LogP contribution in [0, 0.1) is 11.3 Å². The number of nitrogens with zero attached hydrogens (tertiary/aromatic N) is 1. The molecule has 0 rings (SSSR count). The smallest absolute Gasteiger partial charge is 0.150 e. The van der Waals surface area contributed by atoms with Crippen molar-refractivity contribution in [1.29, 1.82) is 5.41 Å². The molecular formula is C10H23N3O2S. The Morgan fingerprint density at radius 2 is 2.06 bits per heavy atom. The predicted molar refractivity (Wildman–Crippen MR) is 67.5 cm³/mol. The van der Waals surface area contributed by atoms with Crippen LogP contribution in [-0.2, 0) is 9.84 Å². The summed E-state index contributed by atoms with van der Waals surface area (Å²) in [6, 6.07) is 0. The lowest BCUT2D eigenvalue weighted by Gasteiger charge is -2.20. The summed E-state index contributed by atoms with van der Waals surface area (Å²) < 4.78 is 22.5. The average molecular weight is 249 g/mol. The van der Waals surface area contributed by atoms with Crippen molar-refractivity contribution in [2.75, 3.05) is 31.6 Å². The molecule has 0 aliphatic carbocycles. The summed E-state index contributed by atoms with van der Waals surface area (Å²) in [6.45, 7) is 4.97. The molecule has 6 heteroatoms. The van der Waals surface area contributed by atoms with Gasteiger partial charge in [0, 0.05) is 18.2 Å². The van der Waals surface area contributed by atoms with Crippen molar-refractivity contribution in [2.24, 2.45) is 11.7 Å². The van der Waals surface area contributed by atoms with E-state index in [1.54, 1.807) is 6.92 Å². The molecule has 0 aliphatic rings. The Morgan fingerprint density at radius 3 is 2.50 bits per heavy atom. The number of hydrogen-bond acceptors (Lipinski definition) is 4. The molecule has 0 aromatic rings. The summed E-state index contributed by atoms with van der Waals surface area (Å²) in [5, 5.41) is 7.25. The van der Waals surface area contributed by atoms with Crippen LogP contribution in [0.4, 0.5) is 0 Å². The first-order chi connectivity index (χ1) is 7.28. The molecule has 5 nitrogen and oxygen atoms in total. The molecule has 0 aliphatic heterocycles. The largest absolute Gasteiger partial charge is 0.387 e. The summed E-state index contributed by atoms with van der Waals surface area (Å²) in [4.78, 5) is 2.01. The highest BCUT2D eigenvalue weighted by molar-refractivity contribution is 7.91. The van der Waals surface area contributed by atoms with E-state index in [2.05, 4.69) is 0 Å². The van der Waals surface area contributed by atoms with Crippen LogP contribution < -0.4 is 5.73 Å². The van der Waals surface area contributed by atoms with Crippen LogP contribution in [0.15, 0.2) is 0 Å². The Morgan fingerprint density at radius 1 is 1.50 bits per heavy atom. The summed E-state index contributed by atoms with van der Waals surface area (Å²) in [5.41, 5.74) is 5.36. The summed E-state index contributed by atoms with van der Waals surface area (Å²) >= 11 is 0. The third-order valence-electron chi connectivity index (χ3n) is 2.55. The Balaban J connectivity index is 3.83. The summed E-state index contributed by atoms with van der Waals surface area (Å²) in [6.07, 6.45) is 0.636. The van der Waals surface area contributed by atoms with Gasteiger partial charge in [-0.15, -0.1) is 0 Å². The number of rotatable bonds is 8. The van der Waals surface area contributed by atoms with Crippen molar-refractivity contribution >= 4 is 15.7 Å². The van der Waals surface area contributed by atoms with Gasteiger partial charge in [-0.2, -0.15) is 0 Å². The van der Waals surface area contributed by atoms with E-state index in [-0.39, 0.29) is 23.3 Å². The molecule has 0 saturated carbocycles. The first-order valence-electron chi connectivity index (χ1n) is 5.51. The summed E-state index contributed by atoms with van der Waals surface area (Å²) in [5.74, 6) is 0.642. The average Bonchev–Trinajstić information content (AvgIpc) is 2.17. The number of sulfone groups is 1. The van der Waals surface area contributed by atoms with Crippen molar-refractivity contribution in [2.45, 2.75) is 20.3 Å². The molecule has 0 heterocycles. The Bertz CT molecular complexity index is 314. The third-order valence-corrected chi connectivity index (χ3v) is 4.34. The van der Waals surface area contributed by atoms with E-state index in [9.17, 15) is 8.42 Å². The van der Waals surface area contributed by atoms with Crippen molar-refractivity contribution in [3.63, 3.8) is 0 Å². The quantitative estimate of drug-likeness (QED) is 0.479. The maximum absolute atomic E-state index is 11.2. The van der Waals surface area contributed by atoms with Crippen LogP contribution >= 0.6 is 0 Å². The molecule has 0 bridgehead atoms. The molecule has 1 unspecified atom stereocenters. The Kier molecular flexibility index (Phi) is 6.59. The monoisotopic (exact) mass is 249 g/mol. The number of amidine groups is 1. The van der Waals surface area contributed by atoms with Gasteiger partial charge in [0.1, 0.15) is 9.84 Å². The molecule has 0 aromatic heterocycles. The van der Waals surface area contributed by atoms with E-state index in [1.807, 2.05) is 18.9 Å². The second kappa shape index (κ2) is 6.85. The Hall–Kier alpha value is -0.620. The van der Waals surface area contributed by atoms with Crippen molar-refractivity contribution in [3.05, 3.63) is 0 Å². The standard InChI is InChI=1S/C10H23N3O2S/c1-4-16(14,15)7-5-6-13(3)8-9(2)10(11)12/h9H,4-8H2,1-3H3,(H3,11,12). The van der Waals surface area contributed by atoms with E-state index in [4.69, 9.17) is 11.1 Å². The zero-order valence-corrected chi connectivity index (χ0v) is 11.2. The molecule has 0 aromatic carbocycles. The minimum Gasteiger partial charge on any atom is -0.387 e. The third kappa shape index (κ3) is 6.79. The molecule has 0 saturated heterocycles. The van der Waals surface area contributed by atoms with Gasteiger partial charge in [0.05, 0.1) is 11.6 Å². The highest BCUT2D eigenvalue weighted by Gasteiger charge is 2.11. The highest BCUT2D eigenvalue weighted by Crippen LogP contribution is 2.00. The van der Waals surface area contributed by atoms with Gasteiger partial charge in [-0.25, -0.2) is 8.42 Å². The van der Waals surface area contributed by atoms with Crippen molar-refractivity contribution < 1.29 is 8.42 Å². The van der Waals surface area contributed by atoms with Gasteiger partial charge in [-0.05, 0) is 20.0 Å². The number of nitrogens with two attached hydrogens (primary N) is 1. The fourth-order valence-electron chi connectivity index (χ4n) is 1.36. The van der Waals surface area contributed by atoms with Gasteiger partial charge >= 0.3 is 0 Å². The lowest BCUT2D eigenvalue weighted by Crippen LogP contribution is -2.33. The van der Waals surface area contributed by atoms with Crippen molar-refractivity contribution in [3.8, 4) is 0 Å². The lowest BCUT2D eigenvalue weighted by atomic mass is 10.1. The highest BCUT2D eigenvalue weighted by atomic mass is 32.2. The molecule has 16 heavy (non-hydrogen) atoms. The van der Waals surface area contributed by atoms with Crippen LogP contribution in [0.25, 0.3) is 0 Å². The van der Waals surface area contributed by atoms with Gasteiger partial charge in [0.25, 0.3) is 0 Å². The van der Waals surface area contributed by atoms with Gasteiger partial charge in [-0.3, -0.25) is 5.41 Å². The number of nitrogens with one attached hydrogen (secondary N) is 1. The van der Waals surface area contributed by atoms with E-state index in [0.717, 1.165) is 6.54 Å². The van der Waals surface area contributed by atoms with Crippen LogP contribution in [0.5, 0.6) is 0 Å². The van der Waals surface area contributed by atoms with Crippen LogP contribution in [0.3, 0.4) is 0 Å². The SMILES string of the molecule is CCS(=O)(=O)CCCN(C)CC(C)C(=N)N. The maximum atomic E-state index is 11.2. The molecule has 1 atom stereocenters. The zero-order valence-electron chi connectivity index (χ0n) is 10.4. The molecular weight excluding hydrogens is 226 g/mol. The molecule has 3 N–H and O–H groups in total. The van der Waals surface area contributed by atoms with Gasteiger partial charge in [0.2, 0.25) is 0 Å². The van der Waals surface area contributed by atoms with Crippen LogP contribution in [0.2, 0.25) is 0 Å². The summed E-state index contributed by atoms with van der Waals surface area (Å²) in [7, 11) is -0.939. The molecule has 0 spiro atoms. The minimum atomic E-state index is -2.85. The van der Waals surface area contributed by atoms with E-state index in [0.29, 0.717) is 13.0 Å². The van der Waals surface area contributed by atoms with Crippen LogP contribution in [0.1, 0.15) is 20.3 Å². The topological polar surface area (TPSA) is 87.2 Å². The molecule has 96 valence electrons.